The highest BCUT2D eigenvalue weighted by Gasteiger charge is 2.35. The van der Waals surface area contributed by atoms with E-state index in [1.165, 1.54) is 89.5 Å². The van der Waals surface area contributed by atoms with Gasteiger partial charge in [-0.3, -0.25) is 0 Å². The lowest BCUT2D eigenvalue weighted by molar-refractivity contribution is -0.429. The van der Waals surface area contributed by atoms with Gasteiger partial charge in [0.15, 0.2) is 0 Å². The number of benzene rings is 4. The Labute approximate surface area is 322 Å². The minimum atomic E-state index is 0. The summed E-state index contributed by atoms with van der Waals surface area (Å²) in [5.41, 5.74) is 21.0. The molecule has 0 radical (unpaired) electrons. The summed E-state index contributed by atoms with van der Waals surface area (Å²) < 4.78 is 2.43. The van der Waals surface area contributed by atoms with Crippen molar-refractivity contribution in [3.63, 3.8) is 0 Å². The van der Waals surface area contributed by atoms with Crippen LogP contribution in [0.5, 0.6) is 0 Å². The van der Waals surface area contributed by atoms with Crippen molar-refractivity contribution in [2.24, 2.45) is 0 Å². The first-order valence-electron chi connectivity index (χ1n) is 18.6. The van der Waals surface area contributed by atoms with Gasteiger partial charge in [0.2, 0.25) is 6.34 Å². The average Bonchev–Trinajstić information content (AvgIpc) is 3.40. The van der Waals surface area contributed by atoms with E-state index in [-0.39, 0.29) is 12.4 Å². The maximum Gasteiger partial charge on any atom is 0.245 e. The van der Waals surface area contributed by atoms with E-state index in [2.05, 4.69) is 171 Å². The molecule has 5 heteroatoms. The first-order valence-corrected chi connectivity index (χ1v) is 18.6. The summed E-state index contributed by atoms with van der Waals surface area (Å²) in [6, 6.07) is 18.8. The molecule has 2 atom stereocenters. The van der Waals surface area contributed by atoms with Crippen molar-refractivity contribution >= 4 is 29.1 Å². The van der Waals surface area contributed by atoms with Crippen LogP contribution < -0.4 is 27.9 Å². The number of hydrogen-bond acceptors (Lipinski definition) is 3. The second-order valence-electron chi connectivity index (χ2n) is 15.1. The van der Waals surface area contributed by atoms with E-state index < -0.39 is 0 Å². The fraction of sp³-hybridized carbons (Fsp3) is 0.383. The molecule has 0 amide bonds. The fourth-order valence-electron chi connectivity index (χ4n) is 8.27. The zero-order valence-corrected chi connectivity index (χ0v) is 34.8. The first kappa shape index (κ1) is 42.1. The molecule has 0 bridgehead atoms. The van der Waals surface area contributed by atoms with Gasteiger partial charge in [-0.15, -0.1) is 13.2 Å². The third-order valence-electron chi connectivity index (χ3n) is 10.00. The van der Waals surface area contributed by atoms with Crippen LogP contribution >= 0.6 is 0 Å². The lowest BCUT2D eigenvalue weighted by atomic mass is 10.0. The van der Waals surface area contributed by atoms with Gasteiger partial charge in [0.05, 0.1) is 0 Å². The Kier molecular flexibility index (Phi) is 15.0. The molecule has 1 heterocycles. The van der Waals surface area contributed by atoms with Gasteiger partial charge in [0, 0.05) is 30.4 Å². The molecule has 0 aliphatic carbocycles. The van der Waals surface area contributed by atoms with E-state index in [0.29, 0.717) is 12.1 Å². The van der Waals surface area contributed by atoms with Crippen LogP contribution in [0.25, 0.3) is 0 Å². The molecule has 4 nitrogen and oxygen atoms in total. The van der Waals surface area contributed by atoms with E-state index >= 15 is 0 Å². The van der Waals surface area contributed by atoms with Crippen LogP contribution in [0.15, 0.2) is 73.8 Å². The van der Waals surface area contributed by atoms with E-state index in [0.717, 1.165) is 25.9 Å². The van der Waals surface area contributed by atoms with Gasteiger partial charge in [0.25, 0.3) is 0 Å². The number of halogens is 1. The smallest absolute Gasteiger partial charge is 0.245 e. The van der Waals surface area contributed by atoms with E-state index in [1.807, 2.05) is 12.2 Å². The van der Waals surface area contributed by atoms with Gasteiger partial charge >= 0.3 is 0 Å². The van der Waals surface area contributed by atoms with Crippen molar-refractivity contribution in [3.8, 4) is 0 Å². The van der Waals surface area contributed by atoms with Crippen LogP contribution in [0, 0.1) is 83.1 Å². The summed E-state index contributed by atoms with van der Waals surface area (Å²) in [5.74, 6) is 0. The van der Waals surface area contributed by atoms with Crippen LogP contribution in [0.2, 0.25) is 0 Å². The Bertz CT molecular complexity index is 1840. The van der Waals surface area contributed by atoms with Gasteiger partial charge < -0.3 is 23.0 Å². The number of nitrogens with zero attached hydrogens (tertiary/aromatic N) is 2. The molecule has 1 aliphatic rings. The highest BCUT2D eigenvalue weighted by molar-refractivity contribution is 5.83. The minimum absolute atomic E-state index is 0. The number of nitrogens with one attached hydrogen (secondary N) is 2. The molecule has 0 fully saturated rings. The number of aryl methyl sites for hydroxylation is 12. The zero-order chi connectivity index (χ0) is 37.6. The van der Waals surface area contributed by atoms with Crippen LogP contribution in [-0.4, -0.2) is 36.1 Å². The number of hydrogen-bond donors (Lipinski definition) is 2. The lowest BCUT2D eigenvalue weighted by Gasteiger charge is -2.24. The zero-order valence-electron chi connectivity index (χ0n) is 34.0. The monoisotopic (exact) mass is 718 g/mol. The highest BCUT2D eigenvalue weighted by atomic mass is 35.5. The summed E-state index contributed by atoms with van der Waals surface area (Å²) in [6.45, 7) is 36.0. The molecule has 0 aromatic heterocycles. The van der Waals surface area contributed by atoms with E-state index in [4.69, 9.17) is 0 Å². The molecule has 1 aliphatic heterocycles. The Morgan fingerprint density at radius 3 is 1.50 bits per heavy atom. The molecule has 0 saturated carbocycles. The molecule has 5 rings (SSSR count). The molecule has 4 aromatic rings. The third-order valence-corrected chi connectivity index (χ3v) is 10.00. The van der Waals surface area contributed by atoms with Crippen molar-refractivity contribution < 1.29 is 17.0 Å². The Morgan fingerprint density at radius 2 is 1.06 bits per heavy atom. The molecule has 2 N–H and O–H groups in total. The van der Waals surface area contributed by atoms with Gasteiger partial charge in [-0.25, -0.2) is 9.48 Å². The summed E-state index contributed by atoms with van der Waals surface area (Å²) >= 11 is 0. The Morgan fingerprint density at radius 1 is 0.635 bits per heavy atom. The molecule has 0 spiro atoms. The van der Waals surface area contributed by atoms with Crippen LogP contribution in [-0.2, 0) is 0 Å². The van der Waals surface area contributed by atoms with Crippen LogP contribution in [0.3, 0.4) is 0 Å². The van der Waals surface area contributed by atoms with Gasteiger partial charge in [0.1, 0.15) is 24.0 Å². The van der Waals surface area contributed by atoms with Crippen molar-refractivity contribution in [2.75, 3.05) is 28.6 Å². The maximum atomic E-state index is 4.00. The molecule has 0 saturated heterocycles. The summed E-state index contributed by atoms with van der Waals surface area (Å²) in [6.07, 6.45) is 8.24. The van der Waals surface area contributed by atoms with Gasteiger partial charge in [-0.2, -0.15) is 0 Å². The quantitative estimate of drug-likeness (QED) is 0.120. The molecule has 278 valence electrons. The average molecular weight is 720 g/mol. The van der Waals surface area contributed by atoms with Crippen molar-refractivity contribution in [1.29, 1.82) is 0 Å². The molecule has 2 unspecified atom stereocenters. The van der Waals surface area contributed by atoms with Gasteiger partial charge in [-0.05, 0) is 134 Å². The number of anilines is 3. The van der Waals surface area contributed by atoms with Crippen molar-refractivity contribution in [1.82, 2.24) is 0 Å². The third kappa shape index (κ3) is 10.2. The van der Waals surface area contributed by atoms with Gasteiger partial charge in [-0.1, -0.05) is 82.9 Å². The van der Waals surface area contributed by atoms with Crippen LogP contribution in [0.4, 0.5) is 22.7 Å². The maximum absolute atomic E-state index is 4.00. The molecule has 4 aromatic carbocycles. The number of rotatable bonds is 11. The minimum Gasteiger partial charge on any atom is -1.00 e. The standard InChI is InChI=1S/C24H31N2.C23H32N2.ClH/c1-8-9-22-14-25(23-18(4)10-16(2)11-19(23)5)15-26(22)24-20(6)12-17(3)13-21(24)7;1-8-9-21(25-23-19(6)12-16(3)13-20(23)7)14-24-22-17(4)10-15(2)11-18(22)5;/h8,10-13,15,22H,1,9,14H2,2-7H3;8,10-13,21,24-25H,1,9,14H2,2-7H3;1H/q+1;;/p-1. The fourth-order valence-corrected chi connectivity index (χ4v) is 8.27. The summed E-state index contributed by atoms with van der Waals surface area (Å²) in [7, 11) is 0. The van der Waals surface area contributed by atoms with Crippen molar-refractivity contribution in [3.05, 3.63) is 141 Å². The van der Waals surface area contributed by atoms with Crippen LogP contribution in [0.1, 0.15) is 79.6 Å². The molecule has 52 heavy (non-hydrogen) atoms. The predicted molar refractivity (Wildman–Crippen MR) is 225 cm³/mol. The SMILES string of the molecule is C=CCC(CNc1c(C)cc(C)cc1C)Nc1c(C)cc(C)cc1C.C=CCC1C[N+](c2c(C)cc(C)cc2C)=CN1c1c(C)cc(C)cc1C.[Cl-]. The van der Waals surface area contributed by atoms with E-state index in [1.54, 1.807) is 0 Å². The topological polar surface area (TPSA) is 30.3 Å². The van der Waals surface area contributed by atoms with E-state index in [9.17, 15) is 0 Å². The highest BCUT2D eigenvalue weighted by Crippen LogP contribution is 2.33. The Balaban J connectivity index is 0.000000275. The lowest BCUT2D eigenvalue weighted by Crippen LogP contribution is -3.00. The molecular weight excluding hydrogens is 656 g/mol. The largest absolute Gasteiger partial charge is 1.00 e. The second kappa shape index (κ2) is 18.5. The first-order chi connectivity index (χ1) is 24.1. The normalized spacial score (nSPS) is 14.1. The summed E-state index contributed by atoms with van der Waals surface area (Å²) in [5, 5.41) is 7.38. The Hall–Kier alpha value is -4.28. The second-order valence-corrected chi connectivity index (χ2v) is 15.1. The predicted octanol–water partition coefficient (Wildman–Crippen LogP) is 8.68. The summed E-state index contributed by atoms with van der Waals surface area (Å²) in [4.78, 5) is 2.46. The van der Waals surface area contributed by atoms with Crippen molar-refractivity contribution in [2.45, 2.75) is 108 Å². The molecular formula is C47H63ClN4.